The third-order valence-electron chi connectivity index (χ3n) is 3.68. The van der Waals surface area contributed by atoms with Gasteiger partial charge in [-0.2, -0.15) is 0 Å². The van der Waals surface area contributed by atoms with Crippen LogP contribution >= 0.6 is 0 Å². The summed E-state index contributed by atoms with van der Waals surface area (Å²) in [6.07, 6.45) is 1.24. The van der Waals surface area contributed by atoms with Gasteiger partial charge in [0, 0.05) is 24.8 Å². The van der Waals surface area contributed by atoms with E-state index in [1.54, 1.807) is 34.6 Å². The molecule has 0 radical (unpaired) electrons. The number of alkyl carbamates (subject to hydrolysis) is 1. The molecule has 0 aliphatic carbocycles. The van der Waals surface area contributed by atoms with Crippen LogP contribution in [0.1, 0.15) is 40.3 Å². The lowest BCUT2D eigenvalue weighted by atomic mass is 10.1. The SMILES string of the molecule is CC(C)(C)OC(=O)N[C@@H](Cc1cn(-c2ccc([N+](=O)[O-])cc2[N+](=O)[O-])cn1)C(=O)O.CC(C)O. The minimum Gasteiger partial charge on any atom is -0.480 e. The second kappa shape index (κ2) is 11.7. The van der Waals surface area contributed by atoms with E-state index in [1.165, 1.54) is 23.2 Å². The monoisotopic (exact) mass is 481 g/mol. The number of hydrogen-bond donors (Lipinski definition) is 3. The van der Waals surface area contributed by atoms with Gasteiger partial charge in [-0.1, -0.05) is 0 Å². The van der Waals surface area contributed by atoms with Gasteiger partial charge in [-0.05, 0) is 40.7 Å². The summed E-state index contributed by atoms with van der Waals surface area (Å²) in [4.78, 5) is 47.9. The Morgan fingerprint density at radius 3 is 2.26 bits per heavy atom. The summed E-state index contributed by atoms with van der Waals surface area (Å²) >= 11 is 0. The Morgan fingerprint density at radius 2 is 1.79 bits per heavy atom. The topological polar surface area (TPSA) is 200 Å². The number of carboxylic acid groups (broad SMARTS) is 1. The summed E-state index contributed by atoms with van der Waals surface area (Å²) < 4.78 is 6.27. The number of aliphatic carboxylic acids is 1. The minimum absolute atomic E-state index is 0.0105. The van der Waals surface area contributed by atoms with Crippen molar-refractivity contribution in [1.29, 1.82) is 0 Å². The van der Waals surface area contributed by atoms with E-state index in [4.69, 9.17) is 9.84 Å². The number of aliphatic hydroxyl groups is 1. The highest BCUT2D eigenvalue weighted by atomic mass is 16.6. The van der Waals surface area contributed by atoms with E-state index in [2.05, 4.69) is 10.3 Å². The molecule has 34 heavy (non-hydrogen) atoms. The molecule has 186 valence electrons. The van der Waals surface area contributed by atoms with E-state index >= 15 is 0 Å². The molecule has 0 saturated carbocycles. The third-order valence-corrected chi connectivity index (χ3v) is 3.68. The second-order valence-corrected chi connectivity index (χ2v) is 8.29. The molecule has 1 amide bonds. The number of nitrogens with one attached hydrogen (secondary N) is 1. The lowest BCUT2D eigenvalue weighted by molar-refractivity contribution is -0.394. The van der Waals surface area contributed by atoms with Crippen LogP contribution in [-0.4, -0.2) is 59.4 Å². The van der Waals surface area contributed by atoms with E-state index in [-0.39, 0.29) is 23.9 Å². The molecule has 3 N–H and O–H groups in total. The summed E-state index contributed by atoms with van der Waals surface area (Å²) in [5.74, 6) is -1.32. The first-order chi connectivity index (χ1) is 15.6. The van der Waals surface area contributed by atoms with Crippen LogP contribution in [0.15, 0.2) is 30.7 Å². The average molecular weight is 481 g/mol. The Bertz CT molecular complexity index is 1040. The maximum absolute atomic E-state index is 11.8. The number of carboxylic acids is 1. The maximum Gasteiger partial charge on any atom is 0.408 e. The number of nitro benzene ring substituents is 2. The van der Waals surface area contributed by atoms with Crippen molar-refractivity contribution in [2.45, 2.75) is 58.8 Å². The van der Waals surface area contributed by atoms with Crippen molar-refractivity contribution in [2.75, 3.05) is 0 Å². The molecule has 14 heteroatoms. The van der Waals surface area contributed by atoms with E-state index in [0.29, 0.717) is 0 Å². The van der Waals surface area contributed by atoms with Crippen LogP contribution in [0.2, 0.25) is 0 Å². The number of aromatic nitrogens is 2. The van der Waals surface area contributed by atoms with Crippen LogP contribution in [0.3, 0.4) is 0 Å². The molecule has 2 rings (SSSR count). The number of carbonyl (C=O) groups is 2. The van der Waals surface area contributed by atoms with Crippen molar-refractivity contribution < 1.29 is 34.4 Å². The first-order valence-electron chi connectivity index (χ1n) is 9.97. The smallest absolute Gasteiger partial charge is 0.408 e. The Morgan fingerprint density at radius 1 is 1.21 bits per heavy atom. The lowest BCUT2D eigenvalue weighted by Crippen LogP contribution is -2.44. The van der Waals surface area contributed by atoms with Crippen molar-refractivity contribution >= 4 is 23.4 Å². The molecular weight excluding hydrogens is 454 g/mol. The van der Waals surface area contributed by atoms with Gasteiger partial charge in [0.1, 0.15) is 17.3 Å². The van der Waals surface area contributed by atoms with Crippen LogP contribution < -0.4 is 5.32 Å². The molecule has 0 bridgehead atoms. The molecule has 0 fully saturated rings. The predicted molar refractivity (Wildman–Crippen MR) is 119 cm³/mol. The first-order valence-corrected chi connectivity index (χ1v) is 9.97. The minimum atomic E-state index is -1.35. The molecule has 14 nitrogen and oxygen atoms in total. The predicted octanol–water partition coefficient (Wildman–Crippen LogP) is 2.60. The fourth-order valence-electron chi connectivity index (χ4n) is 2.45. The van der Waals surface area contributed by atoms with E-state index in [0.717, 1.165) is 12.1 Å². The Hall–Kier alpha value is -4.07. The van der Waals surface area contributed by atoms with Gasteiger partial charge in [-0.15, -0.1) is 0 Å². The van der Waals surface area contributed by atoms with Crippen LogP contribution in [-0.2, 0) is 16.0 Å². The zero-order valence-corrected chi connectivity index (χ0v) is 19.3. The second-order valence-electron chi connectivity index (χ2n) is 8.29. The highest BCUT2D eigenvalue weighted by Crippen LogP contribution is 2.28. The molecule has 0 aliphatic rings. The molecule has 1 aromatic heterocycles. The van der Waals surface area contributed by atoms with Gasteiger partial charge in [-0.25, -0.2) is 14.6 Å². The Labute approximate surface area is 194 Å². The number of nitrogens with zero attached hydrogens (tertiary/aromatic N) is 4. The highest BCUT2D eigenvalue weighted by Gasteiger charge is 2.26. The summed E-state index contributed by atoms with van der Waals surface area (Å²) in [5, 5.41) is 41.8. The lowest BCUT2D eigenvalue weighted by Gasteiger charge is -2.21. The summed E-state index contributed by atoms with van der Waals surface area (Å²) in [7, 11) is 0. The number of benzene rings is 1. The van der Waals surface area contributed by atoms with Gasteiger partial charge >= 0.3 is 12.1 Å². The molecule has 0 aliphatic heterocycles. The van der Waals surface area contributed by atoms with Crippen LogP contribution in [0.25, 0.3) is 5.69 Å². The quantitative estimate of drug-likeness (QED) is 0.390. The van der Waals surface area contributed by atoms with E-state index in [9.17, 15) is 34.9 Å². The van der Waals surface area contributed by atoms with Gasteiger partial charge in [0.2, 0.25) is 0 Å². The standard InChI is InChI=1S/C17H19N5O8.C3H8O/c1-17(2,3)30-16(25)19-12(15(23)24)6-10-8-20(9-18-10)13-5-4-11(21(26)27)7-14(13)22(28)29;1-3(2)4/h4-5,7-9,12H,6H2,1-3H3,(H,19,25)(H,23,24);3-4H,1-2H3/t12-;/m0./s1. The molecule has 0 unspecified atom stereocenters. The van der Waals surface area contributed by atoms with Crippen molar-refractivity contribution in [3.05, 3.63) is 56.6 Å². The summed E-state index contributed by atoms with van der Waals surface area (Å²) in [6.45, 7) is 8.32. The zero-order valence-electron chi connectivity index (χ0n) is 19.3. The summed E-state index contributed by atoms with van der Waals surface area (Å²) in [6, 6.07) is 1.76. The van der Waals surface area contributed by atoms with Gasteiger partial charge in [0.05, 0.1) is 27.9 Å². The maximum atomic E-state index is 11.8. The Kier molecular flexibility index (Phi) is 9.62. The number of imidazole rings is 1. The molecule has 1 heterocycles. The number of rotatable bonds is 7. The fourth-order valence-corrected chi connectivity index (χ4v) is 2.45. The van der Waals surface area contributed by atoms with E-state index < -0.39 is 44.9 Å². The molecule has 2 aromatic rings. The van der Waals surface area contributed by atoms with Crippen LogP contribution in [0.4, 0.5) is 16.2 Å². The third kappa shape index (κ3) is 9.20. The van der Waals surface area contributed by atoms with Gasteiger partial charge < -0.3 is 20.3 Å². The first kappa shape index (κ1) is 28.0. The fraction of sp³-hybridized carbons (Fsp3) is 0.450. The van der Waals surface area contributed by atoms with Crippen molar-refractivity contribution in [2.24, 2.45) is 0 Å². The molecule has 0 saturated heterocycles. The number of nitro groups is 2. The van der Waals surface area contributed by atoms with Gasteiger partial charge in [-0.3, -0.25) is 24.8 Å². The van der Waals surface area contributed by atoms with Crippen molar-refractivity contribution in [1.82, 2.24) is 14.9 Å². The molecule has 0 spiro atoms. The molecule has 1 aromatic carbocycles. The van der Waals surface area contributed by atoms with Gasteiger partial charge in [0.25, 0.3) is 11.4 Å². The number of ether oxygens (including phenoxy) is 1. The average Bonchev–Trinajstić information content (AvgIpc) is 3.13. The normalized spacial score (nSPS) is 11.7. The zero-order chi connectivity index (χ0) is 26.2. The van der Waals surface area contributed by atoms with Crippen molar-refractivity contribution in [3.8, 4) is 5.69 Å². The van der Waals surface area contributed by atoms with Crippen LogP contribution in [0.5, 0.6) is 0 Å². The number of amides is 1. The van der Waals surface area contributed by atoms with Crippen LogP contribution in [0, 0.1) is 20.2 Å². The number of carbonyl (C=O) groups excluding carboxylic acids is 1. The van der Waals surface area contributed by atoms with E-state index in [1.807, 2.05) is 0 Å². The molecular formula is C20H27N5O9. The largest absolute Gasteiger partial charge is 0.480 e. The van der Waals surface area contributed by atoms with Gasteiger partial charge in [0.15, 0.2) is 0 Å². The highest BCUT2D eigenvalue weighted by molar-refractivity contribution is 5.80. The number of non-ortho nitro benzene ring substituents is 1. The number of hydrogen-bond acceptors (Lipinski definition) is 9. The molecule has 1 atom stereocenters. The summed E-state index contributed by atoms with van der Waals surface area (Å²) in [5.41, 5.74) is -1.56. The Balaban J connectivity index is 0.00000133. The van der Waals surface area contributed by atoms with Crippen molar-refractivity contribution in [3.63, 3.8) is 0 Å². The number of aliphatic hydroxyl groups excluding tert-OH is 1.